The molecule has 11 nitrogen and oxygen atoms in total. The average Bonchev–Trinajstić information content (AvgIpc) is 3.24. The molecule has 0 aromatic carbocycles. The molecule has 1 aromatic rings. The summed E-state index contributed by atoms with van der Waals surface area (Å²) in [5.41, 5.74) is -2.27. The Balaban J connectivity index is 1.97. The fourth-order valence-electron chi connectivity index (χ4n) is 3.39. The second-order valence-corrected chi connectivity index (χ2v) is 12.2. The lowest BCUT2D eigenvalue weighted by Gasteiger charge is -2.32. The first kappa shape index (κ1) is 21.0. The lowest BCUT2D eigenvalue weighted by atomic mass is 10.1. The summed E-state index contributed by atoms with van der Waals surface area (Å²) < 4.78 is 29.3. The first-order valence-electron chi connectivity index (χ1n) is 7.94. The zero-order valence-corrected chi connectivity index (χ0v) is 16.9. The van der Waals surface area contributed by atoms with Gasteiger partial charge in [0, 0.05) is 25.3 Å². The Bertz CT molecular complexity index is 921. The number of H-pyrrole nitrogens is 1. The largest absolute Gasteiger partial charge is 0.801 e. The first-order chi connectivity index (χ1) is 12.4. The zero-order chi connectivity index (χ0) is 20.1. The van der Waals surface area contributed by atoms with Crippen molar-refractivity contribution in [3.8, 4) is 0 Å². The molecule has 152 valence electrons. The molecule has 1 saturated carbocycles. The summed E-state index contributed by atoms with van der Waals surface area (Å²) in [6.07, 6.45) is -2.50. The predicted molar refractivity (Wildman–Crippen MR) is 95.1 cm³/mol. The topological polar surface area (TPSA) is 163 Å². The molecule has 2 aliphatic rings. The number of ether oxygens (including phenoxy) is 2. The SMILES string of the molecule is CO[C@H]1[C@@H](OP(C)([O-])=S)[C@@H](C2CC2P(=O)(O)O)O[C@H]1n1ccc(=O)[nH]c1=O. The van der Waals surface area contributed by atoms with Crippen LogP contribution in [0.5, 0.6) is 0 Å². The third kappa shape index (κ3) is 4.50. The molecule has 27 heavy (non-hydrogen) atoms. The standard InChI is InChI=1S/C13H20N2O9P2S/c1-22-11-10(24-25(2,18)27)9(6-5-7(6)26(19,20)21)23-12(11)15-4-3-8(16)14-13(15)17/h3-4,6-7,9-12H,5H2,1-2H3,(H,18,27)(H,14,16,17)(H2,19,20,21)/p-1/t6?,7?,9-,10+,11+,12-,25?/m1/s1. The molecule has 3 unspecified atom stereocenters. The number of hydrogen-bond donors (Lipinski definition) is 3. The lowest BCUT2D eigenvalue weighted by Crippen LogP contribution is -2.40. The van der Waals surface area contributed by atoms with Crippen molar-refractivity contribution in [1.29, 1.82) is 0 Å². The van der Waals surface area contributed by atoms with Gasteiger partial charge >= 0.3 is 13.3 Å². The van der Waals surface area contributed by atoms with E-state index in [1.54, 1.807) is 0 Å². The molecule has 2 heterocycles. The maximum atomic E-state index is 12.1. The number of nitrogens with zero attached hydrogens (tertiary/aromatic N) is 1. The molecule has 0 bridgehead atoms. The fraction of sp³-hybridized carbons (Fsp3) is 0.692. The molecule has 3 rings (SSSR count). The minimum absolute atomic E-state index is 0.184. The zero-order valence-electron chi connectivity index (χ0n) is 14.3. The van der Waals surface area contributed by atoms with Crippen LogP contribution in [0, 0.1) is 5.92 Å². The van der Waals surface area contributed by atoms with E-state index in [0.29, 0.717) is 0 Å². The molecule has 1 aliphatic heterocycles. The average molecular weight is 441 g/mol. The van der Waals surface area contributed by atoms with Gasteiger partial charge in [-0.05, 0) is 19.6 Å². The number of methoxy groups -OCH3 is 1. The van der Waals surface area contributed by atoms with Gasteiger partial charge in [-0.2, -0.15) is 0 Å². The number of hydrogen-bond acceptors (Lipinski definition) is 8. The van der Waals surface area contributed by atoms with E-state index >= 15 is 0 Å². The maximum Gasteiger partial charge on any atom is 0.330 e. The summed E-state index contributed by atoms with van der Waals surface area (Å²) >= 11 is 4.84. The number of rotatable bonds is 6. The molecule has 0 amide bonds. The van der Waals surface area contributed by atoms with E-state index in [0.717, 1.165) is 10.6 Å². The van der Waals surface area contributed by atoms with Crippen LogP contribution in [0.1, 0.15) is 12.6 Å². The summed E-state index contributed by atoms with van der Waals surface area (Å²) in [5.74, 6) is -0.571. The second-order valence-electron chi connectivity index (χ2n) is 6.61. The van der Waals surface area contributed by atoms with Gasteiger partial charge in [0.2, 0.25) is 0 Å². The predicted octanol–water partition coefficient (Wildman–Crippen LogP) is -1.30. The van der Waals surface area contributed by atoms with Crippen LogP contribution < -0.4 is 16.1 Å². The molecule has 0 radical (unpaired) electrons. The fourth-order valence-corrected chi connectivity index (χ4v) is 5.56. The normalized spacial score (nSPS) is 35.7. The van der Waals surface area contributed by atoms with E-state index in [9.17, 15) is 28.8 Å². The van der Waals surface area contributed by atoms with Gasteiger partial charge in [-0.25, -0.2) is 4.79 Å². The van der Waals surface area contributed by atoms with Gasteiger partial charge < -0.3 is 28.7 Å². The van der Waals surface area contributed by atoms with Crippen LogP contribution in [0.3, 0.4) is 0 Å². The Morgan fingerprint density at radius 1 is 1.41 bits per heavy atom. The minimum Gasteiger partial charge on any atom is -0.801 e. The summed E-state index contributed by atoms with van der Waals surface area (Å²) in [6.45, 7) is -2.21. The van der Waals surface area contributed by atoms with Crippen molar-refractivity contribution < 1.29 is 33.2 Å². The van der Waals surface area contributed by atoms with E-state index in [2.05, 4.69) is 4.98 Å². The Kier molecular flexibility index (Phi) is 5.68. The Hall–Kier alpha value is -0.680. The molecule has 1 aromatic heterocycles. The lowest BCUT2D eigenvalue weighted by molar-refractivity contribution is -0.188. The van der Waals surface area contributed by atoms with Gasteiger partial charge in [0.15, 0.2) is 6.23 Å². The van der Waals surface area contributed by atoms with E-state index in [4.69, 9.17) is 25.8 Å². The molecule has 7 atom stereocenters. The van der Waals surface area contributed by atoms with Crippen molar-refractivity contribution in [1.82, 2.24) is 9.55 Å². The molecule has 1 aliphatic carbocycles. The van der Waals surface area contributed by atoms with Gasteiger partial charge in [-0.3, -0.25) is 18.9 Å². The van der Waals surface area contributed by atoms with Crippen molar-refractivity contribution in [2.75, 3.05) is 13.8 Å². The summed E-state index contributed by atoms with van der Waals surface area (Å²) in [7, 11) is -3.01. The Morgan fingerprint density at radius 3 is 2.56 bits per heavy atom. The molecular formula is C13H19N2O9P2S-. The quantitative estimate of drug-likeness (QED) is 0.452. The first-order valence-corrected chi connectivity index (χ1v) is 12.7. The second kappa shape index (κ2) is 7.29. The summed E-state index contributed by atoms with van der Waals surface area (Å²) in [4.78, 5) is 56.4. The van der Waals surface area contributed by atoms with Gasteiger partial charge in [0.05, 0.1) is 11.8 Å². The molecule has 1 saturated heterocycles. The molecular weight excluding hydrogens is 422 g/mol. The van der Waals surface area contributed by atoms with Crippen LogP contribution in [0.15, 0.2) is 21.9 Å². The Morgan fingerprint density at radius 2 is 2.07 bits per heavy atom. The molecule has 2 fully saturated rings. The minimum atomic E-state index is -4.34. The van der Waals surface area contributed by atoms with Crippen LogP contribution in [0.2, 0.25) is 0 Å². The van der Waals surface area contributed by atoms with Gasteiger partial charge in [0.25, 0.3) is 5.56 Å². The smallest absolute Gasteiger partial charge is 0.330 e. The molecule has 3 N–H and O–H groups in total. The summed E-state index contributed by atoms with van der Waals surface area (Å²) in [6, 6.07) is 1.12. The maximum absolute atomic E-state index is 12.1. The van der Waals surface area contributed by atoms with Crippen molar-refractivity contribution in [3.05, 3.63) is 33.1 Å². The van der Waals surface area contributed by atoms with Gasteiger partial charge in [0.1, 0.15) is 12.2 Å². The van der Waals surface area contributed by atoms with Crippen LogP contribution >= 0.6 is 14.1 Å². The number of nitrogens with one attached hydrogen (secondary N) is 1. The van der Waals surface area contributed by atoms with E-state index in [1.807, 2.05) is 0 Å². The molecule has 14 heteroatoms. The highest BCUT2D eigenvalue weighted by atomic mass is 32.5. The summed E-state index contributed by atoms with van der Waals surface area (Å²) in [5, 5.41) is 0. The van der Waals surface area contributed by atoms with Crippen molar-refractivity contribution >= 4 is 25.9 Å². The number of aromatic amines is 1. The van der Waals surface area contributed by atoms with Gasteiger partial charge in [-0.1, -0.05) is 11.8 Å². The van der Waals surface area contributed by atoms with Crippen molar-refractivity contribution in [2.24, 2.45) is 5.92 Å². The highest BCUT2D eigenvalue weighted by molar-refractivity contribution is 8.08. The third-order valence-corrected chi connectivity index (χ3v) is 6.94. The van der Waals surface area contributed by atoms with E-state index < -0.39 is 61.5 Å². The van der Waals surface area contributed by atoms with Crippen molar-refractivity contribution in [2.45, 2.75) is 36.6 Å². The third-order valence-electron chi connectivity index (χ3n) is 4.59. The van der Waals surface area contributed by atoms with Crippen LogP contribution in [0.4, 0.5) is 0 Å². The monoisotopic (exact) mass is 441 g/mol. The van der Waals surface area contributed by atoms with Crippen LogP contribution in [0.25, 0.3) is 0 Å². The Labute approximate surface area is 158 Å². The van der Waals surface area contributed by atoms with Crippen molar-refractivity contribution in [3.63, 3.8) is 0 Å². The van der Waals surface area contributed by atoms with Crippen LogP contribution in [-0.4, -0.2) is 57.1 Å². The highest BCUT2D eigenvalue weighted by Gasteiger charge is 2.61. The van der Waals surface area contributed by atoms with Crippen LogP contribution in [-0.2, 0) is 30.4 Å². The highest BCUT2D eigenvalue weighted by Crippen LogP contribution is 2.62. The van der Waals surface area contributed by atoms with E-state index in [1.165, 1.54) is 20.0 Å². The molecule has 0 spiro atoms. The van der Waals surface area contributed by atoms with Gasteiger partial charge in [-0.15, -0.1) is 0 Å². The van der Waals surface area contributed by atoms with E-state index in [-0.39, 0.29) is 6.42 Å². The number of aromatic nitrogens is 2.